The molecule has 2 aromatic heterocycles. The van der Waals surface area contributed by atoms with E-state index in [0.717, 1.165) is 39.8 Å². The van der Waals surface area contributed by atoms with Crippen molar-refractivity contribution in [3.8, 4) is 11.3 Å². The third-order valence-corrected chi connectivity index (χ3v) is 5.48. The Labute approximate surface area is 176 Å². The van der Waals surface area contributed by atoms with E-state index in [1.807, 2.05) is 49.0 Å². The van der Waals surface area contributed by atoms with Gasteiger partial charge in [-0.2, -0.15) is 5.10 Å². The molecule has 5 nitrogen and oxygen atoms in total. The van der Waals surface area contributed by atoms with Gasteiger partial charge in [0.05, 0.1) is 23.0 Å². The molecule has 2 aromatic carbocycles. The van der Waals surface area contributed by atoms with Gasteiger partial charge in [0.1, 0.15) is 0 Å². The fourth-order valence-corrected chi connectivity index (χ4v) is 3.52. The predicted molar refractivity (Wildman–Crippen MR) is 120 cm³/mol. The molecular weight excluding hydrogens is 372 g/mol. The molecule has 4 rings (SSSR count). The first-order chi connectivity index (χ1) is 14.4. The van der Waals surface area contributed by atoms with E-state index >= 15 is 0 Å². The summed E-state index contributed by atoms with van der Waals surface area (Å²) >= 11 is 0. The summed E-state index contributed by atoms with van der Waals surface area (Å²) in [4.78, 5) is 18.0. The topological polar surface area (TPSA) is 59.8 Å². The molecule has 152 valence electrons. The van der Waals surface area contributed by atoms with Gasteiger partial charge in [0.25, 0.3) is 5.91 Å². The average molecular weight is 399 g/mol. The minimum atomic E-state index is -0.109. The lowest BCUT2D eigenvalue weighted by molar-refractivity contribution is 0.0952. The van der Waals surface area contributed by atoms with Crippen molar-refractivity contribution in [1.82, 2.24) is 20.1 Å². The zero-order valence-electron chi connectivity index (χ0n) is 17.9. The third kappa shape index (κ3) is 3.96. The smallest absolute Gasteiger partial charge is 0.252 e. The van der Waals surface area contributed by atoms with Crippen LogP contribution >= 0.6 is 0 Å². The molecular formula is C25H26N4O. The van der Waals surface area contributed by atoms with Crippen LogP contribution in [0.25, 0.3) is 22.2 Å². The number of rotatable bonds is 5. The van der Waals surface area contributed by atoms with Crippen molar-refractivity contribution in [1.29, 1.82) is 0 Å². The van der Waals surface area contributed by atoms with E-state index in [1.165, 1.54) is 11.1 Å². The SMILES string of the molecule is CCn1cc(CNC(=O)c2cc(-c3ccc(C)c(C)c3)nc3ccc(C)cc23)cn1. The van der Waals surface area contributed by atoms with Crippen molar-refractivity contribution in [2.24, 2.45) is 0 Å². The molecule has 1 amide bonds. The molecule has 0 radical (unpaired) electrons. The second kappa shape index (κ2) is 8.11. The van der Waals surface area contributed by atoms with E-state index in [2.05, 4.69) is 42.5 Å². The van der Waals surface area contributed by atoms with Crippen molar-refractivity contribution >= 4 is 16.8 Å². The van der Waals surface area contributed by atoms with Crippen molar-refractivity contribution in [2.75, 3.05) is 0 Å². The van der Waals surface area contributed by atoms with E-state index < -0.39 is 0 Å². The molecule has 0 atom stereocenters. The Balaban J connectivity index is 1.73. The lowest BCUT2D eigenvalue weighted by Gasteiger charge is -2.12. The van der Waals surface area contributed by atoms with E-state index in [1.54, 1.807) is 6.20 Å². The maximum absolute atomic E-state index is 13.2. The number of amides is 1. The van der Waals surface area contributed by atoms with Crippen LogP contribution in [0.2, 0.25) is 0 Å². The van der Waals surface area contributed by atoms with Crippen LogP contribution in [0.5, 0.6) is 0 Å². The van der Waals surface area contributed by atoms with Gasteiger partial charge < -0.3 is 5.32 Å². The molecule has 0 aliphatic heterocycles. The van der Waals surface area contributed by atoms with Gasteiger partial charge in [-0.3, -0.25) is 9.48 Å². The second-order valence-electron chi connectivity index (χ2n) is 7.76. The summed E-state index contributed by atoms with van der Waals surface area (Å²) in [6.07, 6.45) is 3.74. The highest BCUT2D eigenvalue weighted by Gasteiger charge is 2.15. The number of hydrogen-bond acceptors (Lipinski definition) is 3. The number of fused-ring (bicyclic) bond motifs is 1. The molecule has 1 N–H and O–H groups in total. The van der Waals surface area contributed by atoms with Crippen molar-refractivity contribution in [3.05, 3.63) is 82.7 Å². The van der Waals surface area contributed by atoms with Crippen LogP contribution < -0.4 is 5.32 Å². The number of aromatic nitrogens is 3. The number of nitrogens with one attached hydrogen (secondary N) is 1. The van der Waals surface area contributed by atoms with Crippen molar-refractivity contribution < 1.29 is 4.79 Å². The number of pyridine rings is 1. The highest BCUT2D eigenvalue weighted by molar-refractivity contribution is 6.07. The summed E-state index contributed by atoms with van der Waals surface area (Å²) in [6, 6.07) is 14.2. The Kier molecular flexibility index (Phi) is 5.36. The fraction of sp³-hybridized carbons (Fsp3) is 0.240. The number of carbonyl (C=O) groups excluding carboxylic acids is 1. The zero-order chi connectivity index (χ0) is 21.3. The second-order valence-corrected chi connectivity index (χ2v) is 7.76. The van der Waals surface area contributed by atoms with E-state index in [9.17, 15) is 4.79 Å². The van der Waals surface area contributed by atoms with E-state index in [-0.39, 0.29) is 5.91 Å². The summed E-state index contributed by atoms with van der Waals surface area (Å²) in [7, 11) is 0. The first-order valence-electron chi connectivity index (χ1n) is 10.2. The summed E-state index contributed by atoms with van der Waals surface area (Å²) in [5, 5.41) is 8.18. The minimum absolute atomic E-state index is 0.109. The molecule has 5 heteroatoms. The summed E-state index contributed by atoms with van der Waals surface area (Å²) in [6.45, 7) is 9.49. The molecule has 4 aromatic rings. The maximum Gasteiger partial charge on any atom is 0.252 e. The quantitative estimate of drug-likeness (QED) is 0.516. The van der Waals surface area contributed by atoms with Crippen LogP contribution in [0, 0.1) is 20.8 Å². The van der Waals surface area contributed by atoms with Gasteiger partial charge in [-0.15, -0.1) is 0 Å². The monoisotopic (exact) mass is 398 g/mol. The first kappa shape index (κ1) is 19.8. The number of hydrogen-bond donors (Lipinski definition) is 1. The lowest BCUT2D eigenvalue weighted by atomic mass is 9.99. The fourth-order valence-electron chi connectivity index (χ4n) is 3.52. The summed E-state index contributed by atoms with van der Waals surface area (Å²) in [5.41, 5.74) is 7.80. The van der Waals surface area contributed by atoms with E-state index in [4.69, 9.17) is 4.98 Å². The van der Waals surface area contributed by atoms with Gasteiger partial charge in [0, 0.05) is 35.8 Å². The summed E-state index contributed by atoms with van der Waals surface area (Å²) in [5.74, 6) is -0.109. The van der Waals surface area contributed by atoms with Crippen molar-refractivity contribution in [2.45, 2.75) is 40.8 Å². The average Bonchev–Trinajstić information content (AvgIpc) is 3.21. The largest absolute Gasteiger partial charge is 0.348 e. The van der Waals surface area contributed by atoms with Crippen LogP contribution in [-0.2, 0) is 13.1 Å². The van der Waals surface area contributed by atoms with Gasteiger partial charge in [0.2, 0.25) is 0 Å². The zero-order valence-corrected chi connectivity index (χ0v) is 17.9. The molecule has 0 saturated carbocycles. The lowest BCUT2D eigenvalue weighted by Crippen LogP contribution is -2.23. The Morgan fingerprint density at radius 2 is 1.87 bits per heavy atom. The highest BCUT2D eigenvalue weighted by Crippen LogP contribution is 2.27. The first-order valence-corrected chi connectivity index (χ1v) is 10.2. The predicted octanol–water partition coefficient (Wildman–Crippen LogP) is 4.97. The molecule has 2 heterocycles. The summed E-state index contributed by atoms with van der Waals surface area (Å²) < 4.78 is 1.85. The molecule has 0 unspecified atom stereocenters. The number of nitrogens with zero attached hydrogens (tertiary/aromatic N) is 3. The van der Waals surface area contributed by atoms with E-state index in [0.29, 0.717) is 12.1 Å². The van der Waals surface area contributed by atoms with Gasteiger partial charge in [-0.1, -0.05) is 23.8 Å². The third-order valence-electron chi connectivity index (χ3n) is 5.48. The van der Waals surface area contributed by atoms with Crippen LogP contribution in [0.3, 0.4) is 0 Å². The van der Waals surface area contributed by atoms with Crippen LogP contribution in [-0.4, -0.2) is 20.7 Å². The normalized spacial score (nSPS) is 11.1. The van der Waals surface area contributed by atoms with Gasteiger partial charge >= 0.3 is 0 Å². The molecule has 0 aliphatic rings. The minimum Gasteiger partial charge on any atom is -0.348 e. The molecule has 0 spiro atoms. The standard InChI is InChI=1S/C25H26N4O/c1-5-29-15-19(14-27-29)13-26-25(30)22-12-24(20-8-7-17(3)18(4)11-20)28-23-9-6-16(2)10-21(22)23/h6-12,14-15H,5,13H2,1-4H3,(H,26,30). The van der Waals surface area contributed by atoms with Crippen LogP contribution in [0.1, 0.15) is 39.5 Å². The Hall–Kier alpha value is -3.47. The van der Waals surface area contributed by atoms with Crippen molar-refractivity contribution in [3.63, 3.8) is 0 Å². The molecule has 0 bridgehead atoms. The molecule has 30 heavy (non-hydrogen) atoms. The number of benzene rings is 2. The molecule has 0 fully saturated rings. The Bertz CT molecular complexity index is 1240. The van der Waals surface area contributed by atoms with Gasteiger partial charge in [-0.25, -0.2) is 4.98 Å². The Morgan fingerprint density at radius 3 is 2.60 bits per heavy atom. The van der Waals surface area contributed by atoms with Crippen LogP contribution in [0.15, 0.2) is 54.9 Å². The molecule has 0 saturated heterocycles. The number of aryl methyl sites for hydroxylation is 4. The van der Waals surface area contributed by atoms with Gasteiger partial charge in [-0.05, 0) is 63.1 Å². The van der Waals surface area contributed by atoms with Gasteiger partial charge in [0.15, 0.2) is 0 Å². The highest BCUT2D eigenvalue weighted by atomic mass is 16.1. The number of carbonyl (C=O) groups is 1. The Morgan fingerprint density at radius 1 is 1.03 bits per heavy atom. The molecule has 0 aliphatic carbocycles. The van der Waals surface area contributed by atoms with Crippen LogP contribution in [0.4, 0.5) is 0 Å². The maximum atomic E-state index is 13.2.